The highest BCUT2D eigenvalue weighted by Crippen LogP contribution is 2.45. The molecule has 0 bridgehead atoms. The van der Waals surface area contributed by atoms with Gasteiger partial charge >= 0.3 is 5.97 Å². The standard InChI is InChI=1S/C23H19N5O4S2/c29-17(12-14-6-2-1-3-7-14)26-19-21(30)27-20(23(31)32)15(13-33-22(19)27)34-18-9-11-25-28(18)16-8-4-5-10-24-16/h1-11,19,22H,12-13H2,(H,26,29)(H,31,32)/t19-,22-/m1/s1. The van der Waals surface area contributed by atoms with Crippen LogP contribution in [-0.2, 0) is 20.8 Å². The average Bonchev–Trinajstić information content (AvgIpc) is 3.31. The number of thioether (sulfide) groups is 2. The largest absolute Gasteiger partial charge is 0.477 e. The molecule has 0 saturated carbocycles. The number of nitrogens with one attached hydrogen (secondary N) is 1. The summed E-state index contributed by atoms with van der Waals surface area (Å²) < 4.78 is 1.62. The highest BCUT2D eigenvalue weighted by molar-refractivity contribution is 8.06. The number of hydrogen-bond donors (Lipinski definition) is 2. The number of aromatic nitrogens is 3. The Labute approximate surface area is 203 Å². The van der Waals surface area contributed by atoms with E-state index in [1.807, 2.05) is 36.4 Å². The van der Waals surface area contributed by atoms with Gasteiger partial charge in [-0.25, -0.2) is 14.5 Å². The van der Waals surface area contributed by atoms with Crippen molar-refractivity contribution in [1.29, 1.82) is 0 Å². The summed E-state index contributed by atoms with van der Waals surface area (Å²) >= 11 is 2.67. The Morgan fingerprint density at radius 2 is 1.91 bits per heavy atom. The molecule has 5 rings (SSSR count). The molecule has 0 spiro atoms. The Kier molecular flexibility index (Phi) is 6.12. The molecule has 4 heterocycles. The molecule has 1 aromatic carbocycles. The van der Waals surface area contributed by atoms with Crippen LogP contribution in [-0.4, -0.2) is 59.7 Å². The lowest BCUT2D eigenvalue weighted by molar-refractivity contribution is -0.150. The van der Waals surface area contributed by atoms with Crippen LogP contribution < -0.4 is 5.32 Å². The van der Waals surface area contributed by atoms with Gasteiger partial charge in [0.25, 0.3) is 5.91 Å². The first kappa shape index (κ1) is 22.2. The van der Waals surface area contributed by atoms with Gasteiger partial charge in [-0.15, -0.1) is 11.8 Å². The Morgan fingerprint density at radius 1 is 1.12 bits per heavy atom. The van der Waals surface area contributed by atoms with E-state index in [4.69, 9.17) is 0 Å². The summed E-state index contributed by atoms with van der Waals surface area (Å²) in [5, 5.41) is 17.2. The van der Waals surface area contributed by atoms with Gasteiger partial charge in [-0.1, -0.05) is 48.2 Å². The molecule has 3 aromatic rings. The predicted molar refractivity (Wildman–Crippen MR) is 127 cm³/mol. The molecule has 1 saturated heterocycles. The van der Waals surface area contributed by atoms with E-state index in [0.29, 0.717) is 21.5 Å². The number of carboxylic acid groups (broad SMARTS) is 1. The van der Waals surface area contributed by atoms with Gasteiger partial charge in [0.1, 0.15) is 22.1 Å². The van der Waals surface area contributed by atoms with Gasteiger partial charge in [0, 0.05) is 16.9 Å². The summed E-state index contributed by atoms with van der Waals surface area (Å²) in [6, 6.07) is 15.7. The zero-order chi connectivity index (χ0) is 23.7. The van der Waals surface area contributed by atoms with Crippen LogP contribution in [0.2, 0.25) is 0 Å². The minimum absolute atomic E-state index is 0.0546. The number of aliphatic carboxylic acids is 1. The molecule has 2 aromatic heterocycles. The number of nitrogens with zero attached hydrogens (tertiary/aromatic N) is 4. The van der Waals surface area contributed by atoms with Gasteiger partial charge in [0.2, 0.25) is 5.91 Å². The summed E-state index contributed by atoms with van der Waals surface area (Å²) in [7, 11) is 0. The SMILES string of the molecule is O=C(Cc1ccccc1)N[C@@H]1C(=O)N2C(C(=O)O)=C(Sc3ccnn3-c3ccccn3)CS[C@H]12. The number of β-lactam (4-membered cyclic amide) rings is 1. The third kappa shape index (κ3) is 4.19. The van der Waals surface area contributed by atoms with E-state index in [2.05, 4.69) is 15.4 Å². The first-order valence-corrected chi connectivity index (χ1v) is 12.3. The second-order valence-corrected chi connectivity index (χ2v) is 9.79. The number of amides is 2. The molecule has 2 N–H and O–H groups in total. The Bertz CT molecular complexity index is 1280. The van der Waals surface area contributed by atoms with Gasteiger partial charge in [0.05, 0.1) is 12.6 Å². The zero-order valence-corrected chi connectivity index (χ0v) is 19.3. The number of carboxylic acids is 1. The summed E-state index contributed by atoms with van der Waals surface area (Å²) in [6.07, 6.45) is 3.42. The van der Waals surface area contributed by atoms with E-state index in [1.165, 1.54) is 28.4 Å². The molecule has 34 heavy (non-hydrogen) atoms. The topological polar surface area (TPSA) is 117 Å². The zero-order valence-electron chi connectivity index (χ0n) is 17.7. The van der Waals surface area contributed by atoms with Crippen LogP contribution in [0, 0.1) is 0 Å². The van der Waals surface area contributed by atoms with Crippen LogP contribution in [0.25, 0.3) is 5.82 Å². The number of hydrogen-bond acceptors (Lipinski definition) is 7. The second kappa shape index (κ2) is 9.35. The highest BCUT2D eigenvalue weighted by Gasteiger charge is 2.54. The summed E-state index contributed by atoms with van der Waals surface area (Å²) in [6.45, 7) is 0. The van der Waals surface area contributed by atoms with Crippen molar-refractivity contribution in [3.8, 4) is 5.82 Å². The van der Waals surface area contributed by atoms with Gasteiger partial charge in [-0.2, -0.15) is 5.10 Å². The fraction of sp³-hybridized carbons (Fsp3) is 0.174. The van der Waals surface area contributed by atoms with Crippen molar-refractivity contribution < 1.29 is 19.5 Å². The van der Waals surface area contributed by atoms with E-state index in [9.17, 15) is 19.5 Å². The van der Waals surface area contributed by atoms with Crippen LogP contribution in [0.1, 0.15) is 5.56 Å². The molecule has 2 amide bonds. The molecule has 0 radical (unpaired) electrons. The van der Waals surface area contributed by atoms with Crippen molar-refractivity contribution in [3.05, 3.63) is 83.2 Å². The molecule has 0 aliphatic carbocycles. The number of carbonyl (C=O) groups excluding carboxylic acids is 2. The molecule has 1 fully saturated rings. The monoisotopic (exact) mass is 493 g/mol. The van der Waals surface area contributed by atoms with Crippen LogP contribution in [0.3, 0.4) is 0 Å². The van der Waals surface area contributed by atoms with Gasteiger partial charge in [-0.05, 0) is 23.8 Å². The molecule has 0 unspecified atom stereocenters. The Morgan fingerprint density at radius 3 is 2.65 bits per heavy atom. The number of rotatable bonds is 7. The van der Waals surface area contributed by atoms with E-state index in [1.54, 1.807) is 35.3 Å². The number of benzene rings is 1. The molecule has 172 valence electrons. The smallest absolute Gasteiger partial charge is 0.353 e. The normalized spacial score (nSPS) is 19.4. The lowest BCUT2D eigenvalue weighted by Gasteiger charge is -2.49. The van der Waals surface area contributed by atoms with Crippen LogP contribution >= 0.6 is 23.5 Å². The minimum atomic E-state index is -1.18. The molecular formula is C23H19N5O4S2. The van der Waals surface area contributed by atoms with E-state index >= 15 is 0 Å². The maximum Gasteiger partial charge on any atom is 0.353 e. The third-order valence-corrected chi connectivity index (χ3v) is 7.93. The van der Waals surface area contributed by atoms with Crippen molar-refractivity contribution in [1.82, 2.24) is 25.0 Å². The average molecular weight is 494 g/mol. The van der Waals surface area contributed by atoms with Gasteiger partial charge < -0.3 is 10.4 Å². The van der Waals surface area contributed by atoms with E-state index in [0.717, 1.165) is 5.56 Å². The van der Waals surface area contributed by atoms with E-state index < -0.39 is 23.3 Å². The van der Waals surface area contributed by atoms with Crippen molar-refractivity contribution in [2.24, 2.45) is 0 Å². The maximum atomic E-state index is 12.9. The fourth-order valence-electron chi connectivity index (χ4n) is 3.82. The van der Waals surface area contributed by atoms with Crippen molar-refractivity contribution in [2.45, 2.75) is 22.9 Å². The molecule has 2 aliphatic rings. The van der Waals surface area contributed by atoms with Crippen LogP contribution in [0.5, 0.6) is 0 Å². The van der Waals surface area contributed by atoms with Crippen molar-refractivity contribution >= 4 is 41.3 Å². The third-order valence-electron chi connectivity index (χ3n) is 5.36. The second-order valence-electron chi connectivity index (χ2n) is 7.57. The lowest BCUT2D eigenvalue weighted by Crippen LogP contribution is -2.70. The molecule has 11 heteroatoms. The molecule has 2 atom stereocenters. The number of carbonyl (C=O) groups is 3. The molecule has 9 nitrogen and oxygen atoms in total. The fourth-order valence-corrected chi connectivity index (χ4v) is 6.35. The Balaban J connectivity index is 1.34. The van der Waals surface area contributed by atoms with E-state index in [-0.39, 0.29) is 18.0 Å². The van der Waals surface area contributed by atoms with Crippen LogP contribution in [0.4, 0.5) is 0 Å². The first-order chi connectivity index (χ1) is 16.5. The van der Waals surface area contributed by atoms with Gasteiger partial charge in [-0.3, -0.25) is 14.5 Å². The Hall–Kier alpha value is -3.57. The minimum Gasteiger partial charge on any atom is -0.477 e. The summed E-state index contributed by atoms with van der Waals surface area (Å²) in [5.74, 6) is -0.884. The predicted octanol–water partition coefficient (Wildman–Crippen LogP) is 2.30. The van der Waals surface area contributed by atoms with Crippen LogP contribution in [0.15, 0.2) is 82.6 Å². The lowest BCUT2D eigenvalue weighted by atomic mass is 10.0. The maximum absolute atomic E-state index is 12.9. The molecular weight excluding hydrogens is 474 g/mol. The molecule has 2 aliphatic heterocycles. The summed E-state index contributed by atoms with van der Waals surface area (Å²) in [4.78, 5) is 43.6. The summed E-state index contributed by atoms with van der Waals surface area (Å²) in [5.41, 5.74) is 0.787. The van der Waals surface area contributed by atoms with Gasteiger partial charge in [0.15, 0.2) is 5.82 Å². The quantitative estimate of drug-likeness (QED) is 0.482. The van der Waals surface area contributed by atoms with Crippen molar-refractivity contribution in [2.75, 3.05) is 5.75 Å². The number of fused-ring (bicyclic) bond motifs is 1. The first-order valence-electron chi connectivity index (χ1n) is 10.4. The number of pyridine rings is 1. The van der Waals surface area contributed by atoms with Crippen molar-refractivity contribution in [3.63, 3.8) is 0 Å². The highest BCUT2D eigenvalue weighted by atomic mass is 32.2.